The number of amides is 2. The Morgan fingerprint density at radius 1 is 1.29 bits per heavy atom. The average Bonchev–Trinajstić information content (AvgIpc) is 3.22. The third kappa shape index (κ3) is 4.63. The van der Waals surface area contributed by atoms with Crippen molar-refractivity contribution < 1.29 is 23.1 Å². The number of alkyl halides is 3. The van der Waals surface area contributed by atoms with Gasteiger partial charge in [-0.1, -0.05) is 0 Å². The van der Waals surface area contributed by atoms with Crippen LogP contribution in [0.5, 0.6) is 0 Å². The molecule has 1 saturated carbocycles. The van der Waals surface area contributed by atoms with Gasteiger partial charge in [-0.15, -0.1) is 0 Å². The molecule has 0 aromatic heterocycles. The van der Waals surface area contributed by atoms with E-state index in [9.17, 15) is 18.0 Å². The first kappa shape index (κ1) is 15.6. The molecule has 2 amide bonds. The van der Waals surface area contributed by atoms with Crippen LogP contribution in [-0.2, 0) is 6.18 Å². The average molecular weight is 302 g/mol. The number of rotatable bonds is 5. The van der Waals surface area contributed by atoms with Gasteiger partial charge in [0.25, 0.3) is 0 Å². The number of carbonyl (C=O) groups is 1. The standard InChI is InChI=1S/C14H17F3N2O2/c15-14(16,17)10-3-5-11(6-4-10)18-13(21)19-12(7-8-20)9-1-2-9/h3-6,9,12,20H,1-2,7-8H2,(H2,18,19,21)/t12-/m1/s1. The van der Waals surface area contributed by atoms with Gasteiger partial charge >= 0.3 is 12.2 Å². The van der Waals surface area contributed by atoms with Crippen molar-refractivity contribution in [2.45, 2.75) is 31.5 Å². The first-order valence-corrected chi connectivity index (χ1v) is 6.76. The quantitative estimate of drug-likeness (QED) is 0.783. The fourth-order valence-corrected chi connectivity index (χ4v) is 2.14. The molecule has 1 aromatic carbocycles. The molecule has 116 valence electrons. The molecule has 21 heavy (non-hydrogen) atoms. The number of hydrogen-bond acceptors (Lipinski definition) is 2. The van der Waals surface area contributed by atoms with E-state index in [1.807, 2.05) is 0 Å². The molecule has 1 aromatic rings. The molecule has 0 aliphatic heterocycles. The highest BCUT2D eigenvalue weighted by Gasteiger charge is 2.32. The second-order valence-electron chi connectivity index (χ2n) is 5.13. The minimum absolute atomic E-state index is 0.0122. The van der Waals surface area contributed by atoms with Crippen molar-refractivity contribution >= 4 is 11.7 Å². The summed E-state index contributed by atoms with van der Waals surface area (Å²) in [6.45, 7) is -0.0122. The molecular formula is C14H17F3N2O2. The van der Waals surface area contributed by atoms with Gasteiger partial charge in [0.15, 0.2) is 0 Å². The van der Waals surface area contributed by atoms with Crippen molar-refractivity contribution in [3.8, 4) is 0 Å². The number of hydrogen-bond donors (Lipinski definition) is 3. The van der Waals surface area contributed by atoms with Gasteiger partial charge in [-0.05, 0) is 49.4 Å². The summed E-state index contributed by atoms with van der Waals surface area (Å²) in [4.78, 5) is 11.8. The fourth-order valence-electron chi connectivity index (χ4n) is 2.14. The highest BCUT2D eigenvalue weighted by molar-refractivity contribution is 5.89. The lowest BCUT2D eigenvalue weighted by Gasteiger charge is -2.17. The maximum absolute atomic E-state index is 12.4. The van der Waals surface area contributed by atoms with Crippen LogP contribution in [0.4, 0.5) is 23.7 Å². The number of benzene rings is 1. The summed E-state index contributed by atoms with van der Waals surface area (Å²) in [7, 11) is 0. The van der Waals surface area contributed by atoms with E-state index < -0.39 is 17.8 Å². The van der Waals surface area contributed by atoms with Crippen molar-refractivity contribution in [1.82, 2.24) is 5.32 Å². The Morgan fingerprint density at radius 2 is 1.90 bits per heavy atom. The smallest absolute Gasteiger partial charge is 0.396 e. The molecule has 7 heteroatoms. The molecule has 1 aliphatic carbocycles. The van der Waals surface area contributed by atoms with Crippen LogP contribution in [0, 0.1) is 5.92 Å². The molecule has 1 atom stereocenters. The zero-order valence-electron chi connectivity index (χ0n) is 11.3. The number of carbonyl (C=O) groups excluding carboxylic acids is 1. The van der Waals surface area contributed by atoms with E-state index in [4.69, 9.17) is 5.11 Å². The third-order valence-electron chi connectivity index (χ3n) is 3.42. The van der Waals surface area contributed by atoms with Crippen LogP contribution >= 0.6 is 0 Å². The van der Waals surface area contributed by atoms with E-state index in [1.165, 1.54) is 12.1 Å². The Hall–Kier alpha value is -1.76. The molecule has 0 bridgehead atoms. The molecule has 1 aliphatic rings. The second kappa shape index (κ2) is 6.34. The molecule has 0 spiro atoms. The Bertz CT molecular complexity index is 484. The summed E-state index contributed by atoms with van der Waals surface area (Å²) in [6.07, 6.45) is -1.87. The number of anilines is 1. The normalized spacial score (nSPS) is 16.4. The lowest BCUT2D eigenvalue weighted by atomic mass is 10.1. The van der Waals surface area contributed by atoms with Crippen LogP contribution in [0.1, 0.15) is 24.8 Å². The van der Waals surface area contributed by atoms with Crippen molar-refractivity contribution in [1.29, 1.82) is 0 Å². The van der Waals surface area contributed by atoms with Gasteiger partial charge in [-0.25, -0.2) is 4.79 Å². The molecule has 2 rings (SSSR count). The zero-order valence-corrected chi connectivity index (χ0v) is 11.3. The molecule has 1 fully saturated rings. The maximum atomic E-state index is 12.4. The SMILES string of the molecule is O=C(Nc1ccc(C(F)(F)F)cc1)N[C@H](CCO)C1CC1. The summed E-state index contributed by atoms with van der Waals surface area (Å²) in [5.41, 5.74) is -0.469. The van der Waals surface area contributed by atoms with Gasteiger partial charge in [-0.2, -0.15) is 13.2 Å². The van der Waals surface area contributed by atoms with Gasteiger partial charge in [-0.3, -0.25) is 0 Å². The van der Waals surface area contributed by atoms with Gasteiger partial charge in [0.1, 0.15) is 0 Å². The van der Waals surface area contributed by atoms with Crippen LogP contribution in [0.3, 0.4) is 0 Å². The molecule has 0 radical (unpaired) electrons. The summed E-state index contributed by atoms with van der Waals surface area (Å²) in [6, 6.07) is 3.69. The van der Waals surface area contributed by atoms with Gasteiger partial charge in [0, 0.05) is 18.3 Å². The molecular weight excluding hydrogens is 285 g/mol. The Kier molecular flexibility index (Phi) is 4.72. The first-order chi connectivity index (χ1) is 9.90. The van der Waals surface area contributed by atoms with Crippen molar-refractivity contribution in [2.24, 2.45) is 5.92 Å². The zero-order chi connectivity index (χ0) is 15.5. The minimum atomic E-state index is -4.39. The van der Waals surface area contributed by atoms with E-state index in [0.29, 0.717) is 18.0 Å². The number of aliphatic hydroxyl groups is 1. The number of halogens is 3. The van der Waals surface area contributed by atoms with E-state index in [-0.39, 0.29) is 12.6 Å². The van der Waals surface area contributed by atoms with E-state index in [0.717, 1.165) is 25.0 Å². The van der Waals surface area contributed by atoms with E-state index in [2.05, 4.69) is 10.6 Å². The minimum Gasteiger partial charge on any atom is -0.396 e. The predicted octanol–water partition coefficient (Wildman–Crippen LogP) is 2.99. The van der Waals surface area contributed by atoms with Crippen LogP contribution in [0.25, 0.3) is 0 Å². The summed E-state index contributed by atoms with van der Waals surface area (Å²) in [5.74, 6) is 0.385. The predicted molar refractivity (Wildman–Crippen MR) is 71.8 cm³/mol. The van der Waals surface area contributed by atoms with Crippen LogP contribution < -0.4 is 10.6 Å². The highest BCUT2D eigenvalue weighted by atomic mass is 19.4. The van der Waals surface area contributed by atoms with Gasteiger partial charge in [0.05, 0.1) is 5.56 Å². The number of aliphatic hydroxyl groups excluding tert-OH is 1. The summed E-state index contributed by atoms with van der Waals surface area (Å²) in [5, 5.41) is 14.2. The van der Waals surface area contributed by atoms with E-state index >= 15 is 0 Å². The van der Waals surface area contributed by atoms with Crippen LogP contribution in [0.2, 0.25) is 0 Å². The monoisotopic (exact) mass is 302 g/mol. The van der Waals surface area contributed by atoms with Crippen molar-refractivity contribution in [3.63, 3.8) is 0 Å². The topological polar surface area (TPSA) is 61.4 Å². The summed E-state index contributed by atoms with van der Waals surface area (Å²) >= 11 is 0. The lowest BCUT2D eigenvalue weighted by Crippen LogP contribution is -2.39. The highest BCUT2D eigenvalue weighted by Crippen LogP contribution is 2.34. The van der Waals surface area contributed by atoms with Crippen LogP contribution in [0.15, 0.2) is 24.3 Å². The number of urea groups is 1. The Labute approximate surface area is 120 Å². The van der Waals surface area contributed by atoms with Gasteiger partial charge < -0.3 is 15.7 Å². The Morgan fingerprint density at radius 3 is 2.38 bits per heavy atom. The number of nitrogens with one attached hydrogen (secondary N) is 2. The first-order valence-electron chi connectivity index (χ1n) is 6.76. The fraction of sp³-hybridized carbons (Fsp3) is 0.500. The molecule has 0 unspecified atom stereocenters. The molecule has 4 nitrogen and oxygen atoms in total. The second-order valence-corrected chi connectivity index (χ2v) is 5.13. The van der Waals surface area contributed by atoms with Crippen LogP contribution in [-0.4, -0.2) is 23.8 Å². The lowest BCUT2D eigenvalue weighted by molar-refractivity contribution is -0.137. The van der Waals surface area contributed by atoms with Gasteiger partial charge in [0.2, 0.25) is 0 Å². The Balaban J connectivity index is 1.90. The third-order valence-corrected chi connectivity index (χ3v) is 3.42. The maximum Gasteiger partial charge on any atom is 0.416 e. The van der Waals surface area contributed by atoms with Crippen molar-refractivity contribution in [2.75, 3.05) is 11.9 Å². The van der Waals surface area contributed by atoms with Crippen molar-refractivity contribution in [3.05, 3.63) is 29.8 Å². The van der Waals surface area contributed by atoms with E-state index in [1.54, 1.807) is 0 Å². The molecule has 0 heterocycles. The molecule has 0 saturated heterocycles. The largest absolute Gasteiger partial charge is 0.416 e. The molecule has 3 N–H and O–H groups in total. The summed E-state index contributed by atoms with van der Waals surface area (Å²) < 4.78 is 37.2.